The quantitative estimate of drug-likeness (QED) is 0.384. The van der Waals surface area contributed by atoms with Crippen molar-refractivity contribution < 1.29 is 19.0 Å². The molecule has 0 N–H and O–H groups in total. The Hall–Kier alpha value is -3.85. The highest BCUT2D eigenvalue weighted by molar-refractivity contribution is 7.07. The van der Waals surface area contributed by atoms with Crippen molar-refractivity contribution in [2.45, 2.75) is 52.7 Å². The topological polar surface area (TPSA) is 82.4 Å². The molecule has 40 heavy (non-hydrogen) atoms. The van der Waals surface area contributed by atoms with Crippen LogP contribution in [0.15, 0.2) is 63.5 Å². The Labute approximate surface area is 237 Å². The Balaban J connectivity index is 1.62. The van der Waals surface area contributed by atoms with Gasteiger partial charge in [-0.2, -0.15) is 0 Å². The Morgan fingerprint density at radius 3 is 2.50 bits per heavy atom. The number of carbonyl (C=O) groups is 1. The van der Waals surface area contributed by atoms with Crippen molar-refractivity contribution in [3.05, 3.63) is 84.5 Å². The third kappa shape index (κ3) is 5.43. The number of aromatic nitrogens is 1. The number of thiazole rings is 1. The lowest BCUT2D eigenvalue weighted by Gasteiger charge is -2.25. The number of esters is 1. The molecule has 2 aliphatic rings. The first-order chi connectivity index (χ1) is 19.3. The van der Waals surface area contributed by atoms with Crippen LogP contribution in [0.1, 0.15) is 57.7 Å². The maximum Gasteiger partial charge on any atom is 0.338 e. The molecule has 210 valence electrons. The Morgan fingerprint density at radius 2 is 1.85 bits per heavy atom. The fourth-order valence-corrected chi connectivity index (χ4v) is 6.27. The van der Waals surface area contributed by atoms with Gasteiger partial charge in [0.25, 0.3) is 5.56 Å². The van der Waals surface area contributed by atoms with Crippen molar-refractivity contribution in [3.63, 3.8) is 0 Å². The number of nitrogens with zero attached hydrogens (tertiary/aromatic N) is 3. The van der Waals surface area contributed by atoms with Crippen LogP contribution < -0.4 is 29.3 Å². The number of hydrogen-bond donors (Lipinski definition) is 0. The van der Waals surface area contributed by atoms with Gasteiger partial charge in [-0.1, -0.05) is 29.5 Å². The largest absolute Gasteiger partial charge is 0.493 e. The molecule has 0 bridgehead atoms. The average molecular weight is 562 g/mol. The highest BCUT2D eigenvalue weighted by atomic mass is 32.1. The second-order valence-corrected chi connectivity index (χ2v) is 11.2. The number of benzene rings is 2. The number of anilines is 1. The van der Waals surface area contributed by atoms with Crippen LogP contribution in [0.3, 0.4) is 0 Å². The van der Waals surface area contributed by atoms with Crippen LogP contribution in [-0.4, -0.2) is 43.4 Å². The molecule has 3 aromatic rings. The van der Waals surface area contributed by atoms with Crippen LogP contribution >= 0.6 is 11.3 Å². The molecule has 0 saturated carbocycles. The Bertz CT molecular complexity index is 1610. The molecule has 1 fully saturated rings. The molecule has 3 heterocycles. The zero-order valence-electron chi connectivity index (χ0n) is 23.6. The molecule has 0 radical (unpaired) electrons. The monoisotopic (exact) mass is 561 g/mol. The van der Waals surface area contributed by atoms with E-state index in [4.69, 9.17) is 14.2 Å². The van der Waals surface area contributed by atoms with Crippen molar-refractivity contribution >= 4 is 29.1 Å². The minimum atomic E-state index is -0.725. The summed E-state index contributed by atoms with van der Waals surface area (Å²) in [6.07, 6.45) is 4.28. The zero-order valence-corrected chi connectivity index (χ0v) is 24.4. The summed E-state index contributed by atoms with van der Waals surface area (Å²) in [6.45, 7) is 9.79. The van der Waals surface area contributed by atoms with Crippen molar-refractivity contribution in [1.29, 1.82) is 0 Å². The molecule has 2 aromatic carbocycles. The summed E-state index contributed by atoms with van der Waals surface area (Å²) < 4.78 is 19.1. The van der Waals surface area contributed by atoms with Crippen LogP contribution in [-0.2, 0) is 9.53 Å². The third-order valence-electron chi connectivity index (χ3n) is 7.05. The summed E-state index contributed by atoms with van der Waals surface area (Å²) in [5.74, 6) is 0.607. The van der Waals surface area contributed by atoms with E-state index in [1.807, 2.05) is 50.3 Å². The molecule has 5 rings (SSSR count). The van der Waals surface area contributed by atoms with E-state index in [2.05, 4.69) is 22.0 Å². The molecule has 1 aromatic heterocycles. The van der Waals surface area contributed by atoms with Crippen molar-refractivity contribution in [1.82, 2.24) is 4.57 Å². The van der Waals surface area contributed by atoms with Gasteiger partial charge in [0.1, 0.15) is 0 Å². The third-order valence-corrected chi connectivity index (χ3v) is 8.03. The van der Waals surface area contributed by atoms with Crippen LogP contribution in [0.25, 0.3) is 6.08 Å². The first kappa shape index (κ1) is 27.7. The van der Waals surface area contributed by atoms with Gasteiger partial charge >= 0.3 is 5.97 Å². The molecule has 0 spiro atoms. The van der Waals surface area contributed by atoms with Gasteiger partial charge in [0.2, 0.25) is 0 Å². The van der Waals surface area contributed by atoms with E-state index in [0.717, 1.165) is 18.7 Å². The van der Waals surface area contributed by atoms with Gasteiger partial charge in [0, 0.05) is 18.8 Å². The number of methoxy groups -OCH3 is 1. The van der Waals surface area contributed by atoms with E-state index >= 15 is 0 Å². The number of fused-ring (bicyclic) bond motifs is 1. The van der Waals surface area contributed by atoms with E-state index in [1.165, 1.54) is 29.9 Å². The standard InChI is InChI=1S/C31H35N3O5S/c1-6-38-30(36)27-20(4)32-31-34(28(27)22-11-14-24(39-19(2)3)25(18-22)37-5)29(35)26(40-31)17-21-9-12-23(13-10-21)33-15-7-8-16-33/h9-14,17-19,28H,6-8,15-16H2,1-5H3. The smallest absolute Gasteiger partial charge is 0.338 e. The number of hydrogen-bond acceptors (Lipinski definition) is 8. The maximum atomic E-state index is 13.9. The molecule has 0 amide bonds. The normalized spacial score (nSPS) is 17.2. The predicted octanol–water partition coefficient (Wildman–Crippen LogP) is 4.19. The molecular formula is C31H35N3O5S. The van der Waals surface area contributed by atoms with Gasteiger partial charge < -0.3 is 19.1 Å². The van der Waals surface area contributed by atoms with Gasteiger partial charge in [-0.3, -0.25) is 9.36 Å². The molecule has 1 atom stereocenters. The van der Waals surface area contributed by atoms with E-state index in [9.17, 15) is 9.59 Å². The molecular weight excluding hydrogens is 526 g/mol. The van der Waals surface area contributed by atoms with Crippen LogP contribution in [0.5, 0.6) is 11.5 Å². The number of allylic oxidation sites excluding steroid dienone is 1. The number of ether oxygens (including phenoxy) is 3. The summed E-state index contributed by atoms with van der Waals surface area (Å²) >= 11 is 1.31. The lowest BCUT2D eigenvalue weighted by Crippen LogP contribution is -2.40. The summed E-state index contributed by atoms with van der Waals surface area (Å²) in [7, 11) is 1.57. The van der Waals surface area contributed by atoms with E-state index in [1.54, 1.807) is 25.5 Å². The molecule has 8 nitrogen and oxygen atoms in total. The van der Waals surface area contributed by atoms with E-state index in [-0.39, 0.29) is 18.3 Å². The minimum absolute atomic E-state index is 0.0425. The Kier molecular flexibility index (Phi) is 8.12. The summed E-state index contributed by atoms with van der Waals surface area (Å²) in [5.41, 5.74) is 3.47. The lowest BCUT2D eigenvalue weighted by atomic mass is 9.95. The number of carbonyl (C=O) groups excluding carboxylic acids is 1. The van der Waals surface area contributed by atoms with Gasteiger partial charge in [0.15, 0.2) is 16.3 Å². The SMILES string of the molecule is CCOC(=O)C1=C(C)N=c2sc(=Cc3ccc(N4CCCC4)cc3)c(=O)n2C1c1ccc(OC(C)C)c(OC)c1. The van der Waals surface area contributed by atoms with Gasteiger partial charge in [-0.05, 0) is 82.0 Å². The molecule has 2 aliphatic heterocycles. The maximum absolute atomic E-state index is 13.9. The van der Waals surface area contributed by atoms with Gasteiger partial charge in [0.05, 0.1) is 41.7 Å². The van der Waals surface area contributed by atoms with Crippen LogP contribution in [0.4, 0.5) is 5.69 Å². The first-order valence-electron chi connectivity index (χ1n) is 13.7. The fourth-order valence-electron chi connectivity index (χ4n) is 5.22. The summed E-state index contributed by atoms with van der Waals surface area (Å²) in [6, 6.07) is 13.0. The Morgan fingerprint density at radius 1 is 1.12 bits per heavy atom. The number of rotatable bonds is 8. The molecule has 1 saturated heterocycles. The van der Waals surface area contributed by atoms with Crippen LogP contribution in [0, 0.1) is 0 Å². The molecule has 9 heteroatoms. The lowest BCUT2D eigenvalue weighted by molar-refractivity contribution is -0.139. The van der Waals surface area contributed by atoms with Crippen molar-refractivity contribution in [2.75, 3.05) is 31.7 Å². The predicted molar refractivity (Wildman–Crippen MR) is 157 cm³/mol. The van der Waals surface area contributed by atoms with E-state index in [0.29, 0.717) is 37.7 Å². The molecule has 1 unspecified atom stereocenters. The first-order valence-corrected chi connectivity index (χ1v) is 14.5. The van der Waals surface area contributed by atoms with Crippen molar-refractivity contribution in [2.24, 2.45) is 4.99 Å². The van der Waals surface area contributed by atoms with Crippen LogP contribution in [0.2, 0.25) is 0 Å². The minimum Gasteiger partial charge on any atom is -0.493 e. The second-order valence-electron chi connectivity index (χ2n) is 10.2. The average Bonchev–Trinajstić information content (AvgIpc) is 3.57. The van der Waals surface area contributed by atoms with Crippen molar-refractivity contribution in [3.8, 4) is 11.5 Å². The summed E-state index contributed by atoms with van der Waals surface area (Å²) in [4.78, 5) is 34.7. The van der Waals surface area contributed by atoms with Gasteiger partial charge in [-0.15, -0.1) is 0 Å². The van der Waals surface area contributed by atoms with Gasteiger partial charge in [-0.25, -0.2) is 9.79 Å². The highest BCUT2D eigenvalue weighted by Crippen LogP contribution is 2.36. The zero-order chi connectivity index (χ0) is 28.4. The second kappa shape index (κ2) is 11.7. The fraction of sp³-hybridized carbons (Fsp3) is 0.387. The van der Waals surface area contributed by atoms with E-state index < -0.39 is 12.0 Å². The summed E-state index contributed by atoms with van der Waals surface area (Å²) in [5, 5.41) is 0. The molecule has 0 aliphatic carbocycles. The highest BCUT2D eigenvalue weighted by Gasteiger charge is 2.34.